The zero-order chi connectivity index (χ0) is 17.0. The minimum atomic E-state index is -0.589. The Hall–Kier alpha value is -2.15. The van der Waals surface area contributed by atoms with Crippen LogP contribution in [0.1, 0.15) is 51.4 Å². The van der Waals surface area contributed by atoms with E-state index < -0.39 is 5.91 Å². The first-order valence-electron chi connectivity index (χ1n) is 7.90. The van der Waals surface area contributed by atoms with Crippen LogP contribution in [-0.2, 0) is 11.3 Å². The molecule has 2 rings (SSSR count). The van der Waals surface area contributed by atoms with Crippen molar-refractivity contribution in [3.63, 3.8) is 0 Å². The first-order chi connectivity index (χ1) is 11.0. The average Bonchev–Trinajstić information content (AvgIpc) is 2.76. The molecular weight excluding hydrogens is 296 g/mol. The summed E-state index contributed by atoms with van der Waals surface area (Å²) in [6.07, 6.45) is 4.05. The van der Waals surface area contributed by atoms with Crippen LogP contribution in [0.15, 0.2) is 0 Å². The third-order valence-corrected chi connectivity index (χ3v) is 4.43. The van der Waals surface area contributed by atoms with Crippen LogP contribution in [0, 0.1) is 13.8 Å². The molecule has 2 amide bonds. The Morgan fingerprint density at radius 3 is 2.70 bits per heavy atom. The molecule has 0 bridgehead atoms. The minimum Gasteiger partial charge on any atom is -0.366 e. The minimum absolute atomic E-state index is 0.000741. The second-order valence-corrected chi connectivity index (χ2v) is 5.99. The number of nitrogens with two attached hydrogens (primary N) is 1. The molecule has 0 aromatic carbocycles. The number of hydrogen-bond acceptors (Lipinski definition) is 4. The molecular formula is C16H24N4O3. The molecule has 1 atom stereocenters. The van der Waals surface area contributed by atoms with E-state index in [0.717, 1.165) is 13.0 Å². The molecule has 7 nitrogen and oxygen atoms in total. The number of hydrogen-bond donors (Lipinski definition) is 3. The van der Waals surface area contributed by atoms with Crippen molar-refractivity contribution in [3.8, 4) is 0 Å². The fourth-order valence-corrected chi connectivity index (χ4v) is 3.17. The molecule has 1 aromatic rings. The van der Waals surface area contributed by atoms with E-state index in [1.165, 1.54) is 12.8 Å². The van der Waals surface area contributed by atoms with Gasteiger partial charge in [0.25, 0.3) is 5.91 Å². The Kier molecular flexibility index (Phi) is 5.54. The van der Waals surface area contributed by atoms with Gasteiger partial charge in [0, 0.05) is 18.3 Å². The molecule has 7 heteroatoms. The molecule has 2 heterocycles. The van der Waals surface area contributed by atoms with E-state index in [9.17, 15) is 14.4 Å². The predicted octanol–water partition coefficient (Wildman–Crippen LogP) is 0.275. The van der Waals surface area contributed by atoms with Gasteiger partial charge in [-0.2, -0.15) is 0 Å². The highest BCUT2D eigenvalue weighted by Gasteiger charge is 2.22. The van der Waals surface area contributed by atoms with Gasteiger partial charge in [0.15, 0.2) is 6.29 Å². The lowest BCUT2D eigenvalue weighted by molar-refractivity contribution is -0.121. The number of amides is 2. The average molecular weight is 320 g/mol. The maximum absolute atomic E-state index is 12.2. The van der Waals surface area contributed by atoms with Gasteiger partial charge < -0.3 is 20.9 Å². The van der Waals surface area contributed by atoms with Crippen LogP contribution in [0.25, 0.3) is 0 Å². The largest absolute Gasteiger partial charge is 0.366 e. The highest BCUT2D eigenvalue weighted by molar-refractivity contribution is 5.98. The lowest BCUT2D eigenvalue weighted by Gasteiger charge is -2.23. The summed E-state index contributed by atoms with van der Waals surface area (Å²) in [5.74, 6) is -0.775. The van der Waals surface area contributed by atoms with Gasteiger partial charge in [-0.1, -0.05) is 6.42 Å². The monoisotopic (exact) mass is 320 g/mol. The smallest absolute Gasteiger partial charge is 0.250 e. The van der Waals surface area contributed by atoms with Gasteiger partial charge in [-0.15, -0.1) is 0 Å². The van der Waals surface area contributed by atoms with E-state index in [1.807, 2.05) is 0 Å². The molecule has 1 fully saturated rings. The molecule has 23 heavy (non-hydrogen) atoms. The Balaban J connectivity index is 2.06. The Morgan fingerprint density at radius 2 is 2.13 bits per heavy atom. The maximum Gasteiger partial charge on any atom is 0.250 e. The van der Waals surface area contributed by atoms with Crippen LogP contribution in [0.4, 0.5) is 0 Å². The Labute approximate surface area is 135 Å². The summed E-state index contributed by atoms with van der Waals surface area (Å²) in [6, 6.07) is 0.298. The zero-order valence-electron chi connectivity index (χ0n) is 13.6. The molecule has 126 valence electrons. The van der Waals surface area contributed by atoms with E-state index in [0.29, 0.717) is 41.4 Å². The van der Waals surface area contributed by atoms with Crippen molar-refractivity contribution in [2.45, 2.75) is 45.7 Å². The van der Waals surface area contributed by atoms with Crippen molar-refractivity contribution in [2.75, 3.05) is 13.1 Å². The molecule has 0 aliphatic carbocycles. The number of carbonyl (C=O) groups is 3. The number of nitrogens with zero attached hydrogens (tertiary/aromatic N) is 1. The molecule has 1 aliphatic heterocycles. The van der Waals surface area contributed by atoms with Crippen LogP contribution in [0.5, 0.6) is 0 Å². The van der Waals surface area contributed by atoms with Gasteiger partial charge in [-0.3, -0.25) is 14.4 Å². The Bertz CT molecular complexity index is 615. The summed E-state index contributed by atoms with van der Waals surface area (Å²) in [4.78, 5) is 35.0. The summed E-state index contributed by atoms with van der Waals surface area (Å²) in [7, 11) is 0. The highest BCUT2D eigenvalue weighted by Crippen LogP contribution is 2.20. The van der Waals surface area contributed by atoms with Crippen molar-refractivity contribution < 1.29 is 14.4 Å². The van der Waals surface area contributed by atoms with Crippen LogP contribution in [0.3, 0.4) is 0 Å². The number of piperidine rings is 1. The second-order valence-electron chi connectivity index (χ2n) is 5.99. The highest BCUT2D eigenvalue weighted by atomic mass is 16.2. The molecule has 0 radical (unpaired) electrons. The first-order valence-corrected chi connectivity index (χ1v) is 7.90. The number of rotatable bonds is 6. The van der Waals surface area contributed by atoms with Gasteiger partial charge in [0.05, 0.1) is 11.3 Å². The first kappa shape index (κ1) is 17.2. The van der Waals surface area contributed by atoms with Crippen LogP contribution in [0.2, 0.25) is 0 Å². The number of primary amides is 1. The van der Waals surface area contributed by atoms with Gasteiger partial charge in [-0.25, -0.2) is 0 Å². The fourth-order valence-electron chi connectivity index (χ4n) is 3.17. The van der Waals surface area contributed by atoms with Crippen molar-refractivity contribution in [1.29, 1.82) is 0 Å². The summed E-state index contributed by atoms with van der Waals surface area (Å²) >= 11 is 0. The molecule has 0 saturated carbocycles. The number of aldehydes is 1. The molecule has 0 spiro atoms. The number of nitrogens with one attached hydrogen (secondary N) is 2. The Morgan fingerprint density at radius 1 is 1.39 bits per heavy atom. The third-order valence-electron chi connectivity index (χ3n) is 4.43. The number of aromatic nitrogens is 1. The van der Waals surface area contributed by atoms with Gasteiger partial charge >= 0.3 is 0 Å². The molecule has 4 N–H and O–H groups in total. The summed E-state index contributed by atoms with van der Waals surface area (Å²) in [5, 5.41) is 6.24. The number of carbonyl (C=O) groups excluding carboxylic acids is 3. The summed E-state index contributed by atoms with van der Waals surface area (Å²) in [5.41, 5.74) is 7.06. The van der Waals surface area contributed by atoms with Crippen LogP contribution < -0.4 is 16.4 Å². The SMILES string of the molecule is Cc1c(C(N)=O)c(C)n(CC(=O)NCC2CCCCN2)c1C=O. The van der Waals surface area contributed by atoms with Gasteiger partial charge in [-0.05, 0) is 38.8 Å². The van der Waals surface area contributed by atoms with E-state index in [1.54, 1.807) is 18.4 Å². The molecule has 1 unspecified atom stereocenters. The van der Waals surface area contributed by atoms with E-state index in [2.05, 4.69) is 10.6 Å². The topological polar surface area (TPSA) is 106 Å². The molecule has 1 saturated heterocycles. The quantitative estimate of drug-likeness (QED) is 0.654. The maximum atomic E-state index is 12.2. The van der Waals surface area contributed by atoms with Crippen molar-refractivity contribution in [2.24, 2.45) is 5.73 Å². The lowest BCUT2D eigenvalue weighted by Crippen LogP contribution is -2.44. The van der Waals surface area contributed by atoms with Crippen molar-refractivity contribution in [3.05, 3.63) is 22.5 Å². The van der Waals surface area contributed by atoms with E-state index in [-0.39, 0.29) is 12.5 Å². The predicted molar refractivity (Wildman–Crippen MR) is 86.5 cm³/mol. The lowest BCUT2D eigenvalue weighted by atomic mass is 10.1. The summed E-state index contributed by atoms with van der Waals surface area (Å²) in [6.45, 7) is 4.90. The van der Waals surface area contributed by atoms with Gasteiger partial charge in [0.1, 0.15) is 6.54 Å². The van der Waals surface area contributed by atoms with Crippen molar-refractivity contribution in [1.82, 2.24) is 15.2 Å². The molecule has 1 aromatic heterocycles. The van der Waals surface area contributed by atoms with E-state index >= 15 is 0 Å². The zero-order valence-corrected chi connectivity index (χ0v) is 13.6. The summed E-state index contributed by atoms with van der Waals surface area (Å²) < 4.78 is 1.55. The van der Waals surface area contributed by atoms with Crippen LogP contribution >= 0.6 is 0 Å². The molecule has 1 aliphatic rings. The standard InChI is InChI=1S/C16H24N4O3/c1-10-13(9-21)20(11(2)15(10)16(17)23)8-14(22)19-7-12-5-3-4-6-18-12/h9,12,18H,3-8H2,1-2H3,(H2,17,23)(H,19,22). The fraction of sp³-hybridized carbons (Fsp3) is 0.562. The van der Waals surface area contributed by atoms with Crippen LogP contribution in [-0.4, -0.2) is 41.8 Å². The van der Waals surface area contributed by atoms with Gasteiger partial charge in [0.2, 0.25) is 5.91 Å². The normalized spacial score (nSPS) is 17.7. The van der Waals surface area contributed by atoms with E-state index in [4.69, 9.17) is 5.73 Å². The van der Waals surface area contributed by atoms with Crippen molar-refractivity contribution >= 4 is 18.1 Å². The third kappa shape index (κ3) is 3.79. The second kappa shape index (κ2) is 7.41.